The molecular formula is C14H23N3O2S. The van der Waals surface area contributed by atoms with E-state index in [1.165, 1.54) is 4.31 Å². The Morgan fingerprint density at radius 1 is 1.30 bits per heavy atom. The van der Waals surface area contributed by atoms with Crippen LogP contribution in [0.1, 0.15) is 38.3 Å². The first-order chi connectivity index (χ1) is 9.43. The van der Waals surface area contributed by atoms with Crippen LogP contribution in [0.3, 0.4) is 0 Å². The van der Waals surface area contributed by atoms with Crippen LogP contribution in [0.2, 0.25) is 0 Å². The number of nitrogens with zero attached hydrogens (tertiary/aromatic N) is 3. The Bertz CT molecular complexity index is 525. The molecule has 20 heavy (non-hydrogen) atoms. The molecule has 0 spiro atoms. The normalized spacial score (nSPS) is 20.2. The van der Waals surface area contributed by atoms with Crippen molar-refractivity contribution in [3.63, 3.8) is 0 Å². The van der Waals surface area contributed by atoms with Gasteiger partial charge in [-0.25, -0.2) is 0 Å². The first-order valence-corrected chi connectivity index (χ1v) is 8.45. The first kappa shape index (κ1) is 15.4. The molecule has 1 fully saturated rings. The van der Waals surface area contributed by atoms with Crippen molar-refractivity contribution in [2.75, 3.05) is 20.1 Å². The van der Waals surface area contributed by atoms with Gasteiger partial charge in [0.2, 0.25) is 0 Å². The second kappa shape index (κ2) is 6.20. The summed E-state index contributed by atoms with van der Waals surface area (Å²) in [4.78, 5) is 3.97. The average Bonchev–Trinajstić information content (AvgIpc) is 2.47. The fourth-order valence-electron chi connectivity index (χ4n) is 2.45. The zero-order valence-corrected chi connectivity index (χ0v) is 13.2. The molecule has 0 saturated carbocycles. The maximum Gasteiger partial charge on any atom is 0.282 e. The van der Waals surface area contributed by atoms with Crippen LogP contribution in [0.5, 0.6) is 0 Å². The molecule has 5 nitrogen and oxygen atoms in total. The van der Waals surface area contributed by atoms with Crippen LogP contribution in [0.25, 0.3) is 0 Å². The van der Waals surface area contributed by atoms with Gasteiger partial charge in [0.15, 0.2) is 0 Å². The van der Waals surface area contributed by atoms with E-state index in [1.807, 2.05) is 19.1 Å². The zero-order valence-electron chi connectivity index (χ0n) is 12.4. The predicted molar refractivity (Wildman–Crippen MR) is 79.3 cm³/mol. The van der Waals surface area contributed by atoms with Crippen LogP contribution in [0, 0.1) is 5.92 Å². The van der Waals surface area contributed by atoms with Crippen molar-refractivity contribution in [2.24, 2.45) is 5.92 Å². The van der Waals surface area contributed by atoms with Gasteiger partial charge in [0.25, 0.3) is 10.2 Å². The largest absolute Gasteiger partial charge is 0.282 e. The Balaban J connectivity index is 2.13. The van der Waals surface area contributed by atoms with Crippen molar-refractivity contribution in [3.05, 3.63) is 30.1 Å². The molecule has 1 aromatic heterocycles. The Kier molecular flexibility index (Phi) is 4.78. The van der Waals surface area contributed by atoms with E-state index in [-0.39, 0.29) is 6.04 Å². The molecule has 0 radical (unpaired) electrons. The summed E-state index contributed by atoms with van der Waals surface area (Å²) < 4.78 is 28.3. The second-order valence-electron chi connectivity index (χ2n) is 5.56. The Morgan fingerprint density at radius 3 is 2.40 bits per heavy atom. The van der Waals surface area contributed by atoms with E-state index in [4.69, 9.17) is 0 Å². The SMILES string of the molecule is CC1CCN(S(=O)(=O)N(C)C(C)c2ccncc2)CC1. The first-order valence-electron chi connectivity index (χ1n) is 7.06. The standard InChI is InChI=1S/C14H23N3O2S/c1-12-6-10-17(11-7-12)20(18,19)16(3)13(2)14-4-8-15-9-5-14/h4-5,8-9,12-13H,6-7,10-11H2,1-3H3. The number of rotatable bonds is 4. The highest BCUT2D eigenvalue weighted by atomic mass is 32.2. The summed E-state index contributed by atoms with van der Waals surface area (Å²) in [5, 5.41) is 0. The molecule has 1 atom stereocenters. The minimum atomic E-state index is -3.39. The van der Waals surface area contributed by atoms with Crippen molar-refractivity contribution in [3.8, 4) is 0 Å². The average molecular weight is 297 g/mol. The van der Waals surface area contributed by atoms with Gasteiger partial charge in [0, 0.05) is 38.6 Å². The lowest BCUT2D eigenvalue weighted by molar-refractivity contribution is 0.261. The van der Waals surface area contributed by atoms with E-state index in [1.54, 1.807) is 23.7 Å². The Labute approximate surface area is 121 Å². The van der Waals surface area contributed by atoms with Crippen molar-refractivity contribution in [1.29, 1.82) is 0 Å². The molecule has 6 heteroatoms. The molecule has 2 heterocycles. The maximum atomic E-state index is 12.6. The third-order valence-corrected chi connectivity index (χ3v) is 6.23. The van der Waals surface area contributed by atoms with Crippen LogP contribution in [-0.4, -0.2) is 42.1 Å². The quantitative estimate of drug-likeness (QED) is 0.854. The van der Waals surface area contributed by atoms with Crippen LogP contribution in [0.4, 0.5) is 0 Å². The molecule has 0 aliphatic carbocycles. The van der Waals surface area contributed by atoms with Gasteiger partial charge in [-0.2, -0.15) is 17.0 Å². The third-order valence-electron chi connectivity index (χ3n) is 4.17. The summed E-state index contributed by atoms with van der Waals surface area (Å²) in [6.45, 7) is 5.32. The summed E-state index contributed by atoms with van der Waals surface area (Å²) >= 11 is 0. The molecule has 1 saturated heterocycles. The van der Waals surface area contributed by atoms with Crippen molar-refractivity contribution < 1.29 is 8.42 Å². The minimum absolute atomic E-state index is 0.192. The highest BCUT2D eigenvalue weighted by molar-refractivity contribution is 7.86. The van der Waals surface area contributed by atoms with E-state index >= 15 is 0 Å². The summed E-state index contributed by atoms with van der Waals surface area (Å²) in [6.07, 6.45) is 5.26. The maximum absolute atomic E-state index is 12.6. The molecule has 0 amide bonds. The number of hydrogen-bond acceptors (Lipinski definition) is 3. The van der Waals surface area contributed by atoms with Gasteiger partial charge in [-0.3, -0.25) is 4.98 Å². The smallest absolute Gasteiger partial charge is 0.265 e. The molecule has 112 valence electrons. The van der Waals surface area contributed by atoms with Gasteiger partial charge in [0.05, 0.1) is 0 Å². The molecule has 1 aromatic rings. The Morgan fingerprint density at radius 2 is 1.85 bits per heavy atom. The zero-order chi connectivity index (χ0) is 14.8. The van der Waals surface area contributed by atoms with Crippen molar-refractivity contribution in [2.45, 2.75) is 32.7 Å². The third kappa shape index (κ3) is 3.19. The van der Waals surface area contributed by atoms with Gasteiger partial charge < -0.3 is 0 Å². The van der Waals surface area contributed by atoms with E-state index in [0.29, 0.717) is 19.0 Å². The molecule has 1 aliphatic heterocycles. The summed E-state index contributed by atoms with van der Waals surface area (Å²) in [7, 11) is -1.74. The second-order valence-corrected chi connectivity index (χ2v) is 7.55. The lowest BCUT2D eigenvalue weighted by Crippen LogP contribution is -2.46. The predicted octanol–water partition coefficient (Wildman–Crippen LogP) is 2.05. The summed E-state index contributed by atoms with van der Waals surface area (Å²) in [5.74, 6) is 0.615. The van der Waals surface area contributed by atoms with Crippen LogP contribution in [-0.2, 0) is 10.2 Å². The number of pyridine rings is 1. The highest BCUT2D eigenvalue weighted by Gasteiger charge is 2.32. The lowest BCUT2D eigenvalue weighted by Gasteiger charge is -2.34. The van der Waals surface area contributed by atoms with Gasteiger partial charge in [-0.05, 0) is 43.4 Å². The van der Waals surface area contributed by atoms with Gasteiger partial charge >= 0.3 is 0 Å². The number of hydrogen-bond donors (Lipinski definition) is 0. The van der Waals surface area contributed by atoms with Gasteiger partial charge in [-0.1, -0.05) is 6.92 Å². The van der Waals surface area contributed by atoms with Gasteiger partial charge in [-0.15, -0.1) is 0 Å². The fraction of sp³-hybridized carbons (Fsp3) is 0.643. The number of piperidine rings is 1. The lowest BCUT2D eigenvalue weighted by atomic mass is 10.0. The van der Waals surface area contributed by atoms with E-state index in [2.05, 4.69) is 11.9 Å². The molecular weight excluding hydrogens is 274 g/mol. The van der Waals surface area contributed by atoms with Crippen molar-refractivity contribution in [1.82, 2.24) is 13.6 Å². The van der Waals surface area contributed by atoms with E-state index < -0.39 is 10.2 Å². The molecule has 0 aromatic carbocycles. The molecule has 1 unspecified atom stereocenters. The van der Waals surface area contributed by atoms with Crippen LogP contribution >= 0.6 is 0 Å². The summed E-state index contributed by atoms with van der Waals surface area (Å²) in [5.41, 5.74) is 0.955. The highest BCUT2D eigenvalue weighted by Crippen LogP contribution is 2.26. The van der Waals surface area contributed by atoms with E-state index in [0.717, 1.165) is 18.4 Å². The monoisotopic (exact) mass is 297 g/mol. The van der Waals surface area contributed by atoms with Crippen LogP contribution < -0.4 is 0 Å². The topological polar surface area (TPSA) is 53.5 Å². The van der Waals surface area contributed by atoms with Crippen LogP contribution in [0.15, 0.2) is 24.5 Å². The van der Waals surface area contributed by atoms with Crippen molar-refractivity contribution >= 4 is 10.2 Å². The fourth-order valence-corrected chi connectivity index (χ4v) is 4.01. The van der Waals surface area contributed by atoms with E-state index in [9.17, 15) is 8.42 Å². The molecule has 1 aliphatic rings. The minimum Gasteiger partial charge on any atom is -0.265 e. The number of aromatic nitrogens is 1. The molecule has 0 bridgehead atoms. The summed E-state index contributed by atoms with van der Waals surface area (Å²) in [6, 6.07) is 3.52. The Hall–Kier alpha value is -0.980. The molecule has 2 rings (SSSR count). The van der Waals surface area contributed by atoms with Gasteiger partial charge in [0.1, 0.15) is 0 Å². The molecule has 0 N–H and O–H groups in total.